The van der Waals surface area contributed by atoms with E-state index in [1.54, 1.807) is 23.7 Å². The van der Waals surface area contributed by atoms with Gasteiger partial charge in [0.25, 0.3) is 0 Å². The van der Waals surface area contributed by atoms with E-state index < -0.39 is 18.3 Å². The van der Waals surface area contributed by atoms with Crippen LogP contribution in [0, 0.1) is 35.5 Å². The maximum Gasteiger partial charge on any atom is 0.202 e. The molecule has 0 amide bonds. The van der Waals surface area contributed by atoms with Crippen LogP contribution in [-0.4, -0.2) is 88.8 Å². The molecule has 7 rings (SSSR count). The molecule has 574 valence electrons. The summed E-state index contributed by atoms with van der Waals surface area (Å²) >= 11 is 1.64. The Labute approximate surface area is 635 Å². The smallest absolute Gasteiger partial charge is 0.202 e. The number of thiophene rings is 1. The standard InChI is InChI=1S/C33H46N2O3.C29H42N2O3.C28H41NO3S/c1-22(2)11-9-12-23(3)13-10-14-24(4)17-18-27-25(5)31(36)33(38-6)30(32(27)37)34-20-19-26-21-35-29-16-8-7-15-28(26)29;1-20(2)9-7-10-21(3)11-8-12-22(4)13-14-25-23(5)27(32)29(34-6)26(28(25)33)31-19-24-15-17-30-18-16-24;1-19(2)10-7-11-20(3)12-8-13-21(4)15-16-24-22(5)26(30)28(32-6)25(27(24)31)29-18-23-14-9-17-33-23/h7-8,11,13,15-17,21,25,27,32,34-35,37H,9-10,12,14,18-20H2,1-6H3;9,11,13,15-18,23,25,28,31,33H,7-8,10,12,14,19H2,1-6H3;9-10,12,14-15,17,22,24,27,29,31H,7-8,11,13,16,18H2,1-6H3/b23-13+,24-17+;21-11+,22-13+;20-12+,21-15+/t25-,27-,32-;23-,25-,28-;22-,24-,27-/m000/s1. The lowest BCUT2D eigenvalue weighted by Gasteiger charge is -2.35. The van der Waals surface area contributed by atoms with Gasteiger partial charge in [-0.15, -0.1) is 11.3 Å². The number of aliphatic hydroxyl groups is 3. The van der Waals surface area contributed by atoms with E-state index in [9.17, 15) is 29.7 Å². The molecular formula is C90H129N5O9S. The number of nitrogens with one attached hydrogen (secondary N) is 4. The van der Waals surface area contributed by atoms with Crippen LogP contribution in [0.1, 0.15) is 216 Å². The number of allylic oxidation sites excluding steroid dienone is 21. The Morgan fingerprint density at radius 2 is 0.829 bits per heavy atom. The molecule has 0 unspecified atom stereocenters. The van der Waals surface area contributed by atoms with E-state index in [4.69, 9.17) is 14.2 Å². The van der Waals surface area contributed by atoms with Crippen molar-refractivity contribution in [2.75, 3.05) is 27.9 Å². The minimum Gasteiger partial charge on any atom is -0.491 e. The SMILES string of the molecule is COC1=C(NCCc2c[nH]c3ccccc23)[C@@H](O)[C@@H](C/C=C(\C)CC/C=C(\C)CCC=C(C)C)[C@H](C)C1=O.COC1=C(NCc2cccs2)[C@@H](O)[C@@H](C/C=C(\C)CC/C=C(\C)CCC=C(C)C)[C@H](C)C1=O.COC1=C(NCc2ccncc2)[C@@H](O)[C@@H](C/C=C(\C)CC/C=C(\C)CCC=C(C)C)[C@H](C)C1=O. The average molecular weight is 1460 g/mol. The van der Waals surface area contributed by atoms with Gasteiger partial charge in [0, 0.05) is 89.5 Å². The largest absolute Gasteiger partial charge is 0.491 e. The minimum atomic E-state index is -0.786. The van der Waals surface area contributed by atoms with Gasteiger partial charge in [-0.3, -0.25) is 19.4 Å². The molecule has 0 saturated carbocycles. The number of benzene rings is 1. The summed E-state index contributed by atoms with van der Waals surface area (Å²) < 4.78 is 16.3. The van der Waals surface area contributed by atoms with Crippen molar-refractivity contribution in [3.8, 4) is 0 Å². The van der Waals surface area contributed by atoms with Gasteiger partial charge in [0.1, 0.15) is 18.3 Å². The monoisotopic (exact) mass is 1460 g/mol. The van der Waals surface area contributed by atoms with Crippen LogP contribution in [0.2, 0.25) is 0 Å². The number of para-hydroxylation sites is 1. The number of ether oxygens (including phenoxy) is 3. The molecule has 3 aromatic heterocycles. The van der Waals surface area contributed by atoms with Crippen molar-refractivity contribution in [2.24, 2.45) is 35.5 Å². The van der Waals surface area contributed by atoms with Crippen LogP contribution in [0.25, 0.3) is 10.9 Å². The van der Waals surface area contributed by atoms with Crippen LogP contribution >= 0.6 is 11.3 Å². The van der Waals surface area contributed by atoms with Crippen molar-refractivity contribution in [1.29, 1.82) is 0 Å². The number of fused-ring (bicyclic) bond motifs is 1. The third kappa shape index (κ3) is 28.8. The number of aromatic nitrogens is 2. The van der Waals surface area contributed by atoms with Crippen LogP contribution in [0.4, 0.5) is 0 Å². The summed E-state index contributed by atoms with van der Waals surface area (Å²) in [6.07, 6.45) is 39.0. The summed E-state index contributed by atoms with van der Waals surface area (Å²) in [5.74, 6) is -0.834. The highest BCUT2D eigenvalue weighted by Gasteiger charge is 2.44. The van der Waals surface area contributed by atoms with Gasteiger partial charge in [0.05, 0.1) is 38.4 Å². The Morgan fingerprint density at radius 1 is 0.467 bits per heavy atom. The topological polar surface area (TPSA) is 204 Å². The van der Waals surface area contributed by atoms with Crippen LogP contribution in [-0.2, 0) is 48.1 Å². The van der Waals surface area contributed by atoms with E-state index in [-0.39, 0.29) is 70.1 Å². The fourth-order valence-corrected chi connectivity index (χ4v) is 14.3. The first kappa shape index (κ1) is 87.8. The number of hydrogen-bond acceptors (Lipinski definition) is 14. The number of aliphatic hydroxyl groups excluding tert-OH is 3. The number of pyridine rings is 1. The molecule has 0 radical (unpaired) electrons. The zero-order chi connectivity index (χ0) is 77.1. The molecule has 0 saturated heterocycles. The van der Waals surface area contributed by atoms with E-state index >= 15 is 0 Å². The summed E-state index contributed by atoms with van der Waals surface area (Å²) in [6.45, 7) is 33.2. The number of nitrogens with zero attached hydrogens (tertiary/aromatic N) is 1. The molecule has 3 heterocycles. The lowest BCUT2D eigenvalue weighted by Crippen LogP contribution is -2.44. The molecule has 9 atom stereocenters. The van der Waals surface area contributed by atoms with E-state index in [0.717, 1.165) is 99.4 Å². The van der Waals surface area contributed by atoms with Gasteiger partial charge < -0.3 is 50.5 Å². The number of Topliss-reactive ketones (excluding diaryl/α,β-unsaturated/α-hetero) is 3. The quantitative estimate of drug-likeness (QED) is 0.0210. The molecule has 105 heavy (non-hydrogen) atoms. The summed E-state index contributed by atoms with van der Waals surface area (Å²) in [5.41, 5.74) is 17.1. The number of hydrogen-bond donors (Lipinski definition) is 7. The van der Waals surface area contributed by atoms with E-state index in [1.165, 1.54) is 82.4 Å². The number of rotatable bonds is 37. The third-order valence-electron chi connectivity index (χ3n) is 20.5. The number of carbonyl (C=O) groups is 3. The molecule has 3 aliphatic rings. The van der Waals surface area contributed by atoms with Gasteiger partial charge in [-0.2, -0.15) is 0 Å². The Kier molecular flexibility index (Phi) is 38.7. The van der Waals surface area contributed by atoms with Crippen LogP contribution < -0.4 is 16.0 Å². The molecule has 3 aliphatic carbocycles. The first-order valence-corrected chi connectivity index (χ1v) is 39.1. The molecule has 0 spiro atoms. The molecular weight excluding hydrogens is 1330 g/mol. The van der Waals surface area contributed by atoms with Gasteiger partial charge in [-0.25, -0.2) is 0 Å². The van der Waals surface area contributed by atoms with Crippen molar-refractivity contribution in [2.45, 2.75) is 238 Å². The zero-order valence-corrected chi connectivity index (χ0v) is 67.7. The first-order valence-electron chi connectivity index (χ1n) is 38.2. The Hall–Kier alpha value is -7.82. The lowest BCUT2D eigenvalue weighted by molar-refractivity contribution is -0.127. The van der Waals surface area contributed by atoms with E-state index in [0.29, 0.717) is 56.0 Å². The predicted octanol–water partition coefficient (Wildman–Crippen LogP) is 19.9. The van der Waals surface area contributed by atoms with Crippen molar-refractivity contribution in [3.05, 3.63) is 228 Å². The first-order chi connectivity index (χ1) is 50.2. The number of aromatic amines is 1. The zero-order valence-electron chi connectivity index (χ0n) is 66.9. The fraction of sp³-hybridized carbons (Fsp3) is 0.511. The van der Waals surface area contributed by atoms with Gasteiger partial charge in [-0.1, -0.05) is 150 Å². The molecule has 0 aliphatic heterocycles. The van der Waals surface area contributed by atoms with Crippen molar-refractivity contribution in [3.63, 3.8) is 0 Å². The van der Waals surface area contributed by atoms with Crippen LogP contribution in [0.3, 0.4) is 0 Å². The second-order valence-corrected chi connectivity index (χ2v) is 30.9. The van der Waals surface area contributed by atoms with Crippen LogP contribution in [0.5, 0.6) is 0 Å². The summed E-state index contributed by atoms with van der Waals surface area (Å²) in [7, 11) is 4.49. The second-order valence-electron chi connectivity index (χ2n) is 29.9. The van der Waals surface area contributed by atoms with Crippen molar-refractivity contribution < 1.29 is 43.9 Å². The van der Waals surface area contributed by atoms with Crippen molar-refractivity contribution in [1.82, 2.24) is 25.9 Å². The molecule has 14 nitrogen and oxygen atoms in total. The highest BCUT2D eigenvalue weighted by Crippen LogP contribution is 2.38. The summed E-state index contributed by atoms with van der Waals surface area (Å²) in [5, 5.41) is 46.7. The Morgan fingerprint density at radius 3 is 1.20 bits per heavy atom. The second kappa shape index (κ2) is 46.3. The molecule has 1 aromatic carbocycles. The molecule has 0 fully saturated rings. The molecule has 15 heteroatoms. The Bertz CT molecular complexity index is 3800. The van der Waals surface area contributed by atoms with E-state index in [2.05, 4.69) is 176 Å². The predicted molar refractivity (Wildman–Crippen MR) is 435 cm³/mol. The number of ketones is 3. The number of H-pyrrole nitrogens is 1. The highest BCUT2D eigenvalue weighted by atomic mass is 32.1. The maximum absolute atomic E-state index is 13.1. The third-order valence-corrected chi connectivity index (χ3v) is 21.4. The van der Waals surface area contributed by atoms with Crippen molar-refractivity contribution >= 4 is 39.6 Å². The van der Waals surface area contributed by atoms with Gasteiger partial charge in [0.15, 0.2) is 17.3 Å². The maximum atomic E-state index is 13.1. The average Bonchev–Trinajstić information content (AvgIpc) is 1.61. The summed E-state index contributed by atoms with van der Waals surface area (Å²) in [6, 6.07) is 16.1. The normalized spacial score (nSPS) is 21.3. The minimum absolute atomic E-state index is 0.0394. The molecule has 4 aromatic rings. The van der Waals surface area contributed by atoms with Crippen LogP contribution in [0.15, 0.2) is 212 Å². The van der Waals surface area contributed by atoms with Gasteiger partial charge in [0.2, 0.25) is 17.3 Å². The molecule has 0 bridgehead atoms. The van der Waals surface area contributed by atoms with Gasteiger partial charge >= 0.3 is 0 Å². The highest BCUT2D eigenvalue weighted by molar-refractivity contribution is 7.09. The lowest BCUT2D eigenvalue weighted by atomic mass is 9.76. The summed E-state index contributed by atoms with van der Waals surface area (Å²) in [4.78, 5) is 47.5. The number of methoxy groups -OCH3 is 3. The fourth-order valence-electron chi connectivity index (χ4n) is 13.6. The molecule has 7 N–H and O–H groups in total. The van der Waals surface area contributed by atoms with E-state index in [1.807, 2.05) is 68.7 Å². The van der Waals surface area contributed by atoms with Gasteiger partial charge in [-0.05, 0) is 227 Å². The number of carbonyl (C=O) groups excluding carboxylic acids is 3. The Balaban J connectivity index is 0.000000284.